The molecule has 2 aromatic rings. The molecule has 1 aromatic heterocycles. The maximum atomic E-state index is 12.7. The zero-order chi connectivity index (χ0) is 18.1. The monoisotopic (exact) mass is 431 g/mol. The van der Waals surface area contributed by atoms with Crippen molar-refractivity contribution in [2.45, 2.75) is 12.8 Å². The second-order valence-electron chi connectivity index (χ2n) is 6.38. The number of rotatable bonds is 3. The van der Waals surface area contributed by atoms with Gasteiger partial charge in [0, 0.05) is 28.7 Å². The van der Waals surface area contributed by atoms with Gasteiger partial charge in [0.05, 0.1) is 5.71 Å². The minimum absolute atomic E-state index is 0.0160. The summed E-state index contributed by atoms with van der Waals surface area (Å²) in [6, 6.07) is 9.88. The molecule has 0 N–H and O–H groups in total. The van der Waals surface area contributed by atoms with Gasteiger partial charge in [-0.15, -0.1) is 11.3 Å². The van der Waals surface area contributed by atoms with Crippen LogP contribution in [0.4, 0.5) is 5.00 Å². The van der Waals surface area contributed by atoms with Crippen molar-refractivity contribution in [3.05, 3.63) is 51.3 Å². The number of aliphatic imine (C=N–C) groups is 1. The normalized spacial score (nSPS) is 17.1. The van der Waals surface area contributed by atoms with E-state index in [0.717, 1.165) is 52.2 Å². The zero-order valence-corrected chi connectivity index (χ0v) is 16.6. The molecule has 1 aromatic carbocycles. The molecule has 0 saturated carbocycles. The lowest BCUT2D eigenvalue weighted by Gasteiger charge is -2.23. The van der Waals surface area contributed by atoms with Crippen molar-refractivity contribution in [1.82, 2.24) is 4.90 Å². The molecule has 4 rings (SSSR count). The maximum Gasteiger partial charge on any atom is 0.249 e. The highest BCUT2D eigenvalue weighted by atomic mass is 79.9. The first-order chi connectivity index (χ1) is 12.6. The molecule has 3 heterocycles. The van der Waals surface area contributed by atoms with Gasteiger partial charge in [-0.2, -0.15) is 0 Å². The van der Waals surface area contributed by atoms with Gasteiger partial charge in [0.15, 0.2) is 0 Å². The quantitative estimate of drug-likeness (QED) is 0.748. The maximum absolute atomic E-state index is 12.7. The molecule has 1 saturated heterocycles. The number of halogens is 1. The molecular formula is C19H18BrN3O2S. The van der Waals surface area contributed by atoms with Crippen LogP contribution in [0.2, 0.25) is 0 Å². The van der Waals surface area contributed by atoms with Gasteiger partial charge in [-0.3, -0.25) is 19.5 Å². The van der Waals surface area contributed by atoms with Crippen LogP contribution >= 0.6 is 27.3 Å². The van der Waals surface area contributed by atoms with Crippen molar-refractivity contribution in [2.24, 2.45) is 4.99 Å². The molecule has 2 amide bonds. The minimum Gasteiger partial charge on any atom is -0.341 e. The van der Waals surface area contributed by atoms with E-state index >= 15 is 0 Å². The van der Waals surface area contributed by atoms with Crippen molar-refractivity contribution < 1.29 is 9.59 Å². The Bertz CT molecular complexity index is 869. The summed E-state index contributed by atoms with van der Waals surface area (Å²) in [5.41, 5.74) is 2.68. The first kappa shape index (κ1) is 17.4. The molecule has 0 aliphatic carbocycles. The van der Waals surface area contributed by atoms with E-state index in [4.69, 9.17) is 0 Å². The number of carbonyl (C=O) groups excluding carboxylic acids is 2. The smallest absolute Gasteiger partial charge is 0.249 e. The summed E-state index contributed by atoms with van der Waals surface area (Å²) in [6.45, 7) is 1.73. The van der Waals surface area contributed by atoms with E-state index in [9.17, 15) is 9.59 Å². The van der Waals surface area contributed by atoms with Gasteiger partial charge in [-0.1, -0.05) is 28.1 Å². The standard InChI is InChI=1S/C19H18BrN3O2S/c20-14-5-3-13(4-6-14)18-15-7-10-26-19(15)23(16(24)11-21-18)12-17(25)22-8-1-2-9-22/h3-7,10H,1-2,8-9,11-12H2. The van der Waals surface area contributed by atoms with E-state index in [1.165, 1.54) is 11.3 Å². The Kier molecular flexibility index (Phi) is 4.91. The van der Waals surface area contributed by atoms with Gasteiger partial charge >= 0.3 is 0 Å². The third-order valence-electron chi connectivity index (χ3n) is 4.69. The Morgan fingerprint density at radius 1 is 1.15 bits per heavy atom. The molecule has 7 heteroatoms. The molecule has 2 aliphatic heterocycles. The number of amides is 2. The van der Waals surface area contributed by atoms with E-state index < -0.39 is 0 Å². The minimum atomic E-state index is -0.131. The number of likely N-dealkylation sites (tertiary alicyclic amines) is 1. The lowest BCUT2D eigenvalue weighted by molar-refractivity contribution is -0.130. The summed E-state index contributed by atoms with van der Waals surface area (Å²) in [5.74, 6) is -0.115. The van der Waals surface area contributed by atoms with Crippen LogP contribution < -0.4 is 4.90 Å². The highest BCUT2D eigenvalue weighted by Gasteiger charge is 2.29. The molecular weight excluding hydrogens is 414 g/mol. The molecule has 26 heavy (non-hydrogen) atoms. The van der Waals surface area contributed by atoms with Crippen molar-refractivity contribution >= 4 is 49.8 Å². The third-order valence-corrected chi connectivity index (χ3v) is 6.15. The third kappa shape index (κ3) is 3.33. The summed E-state index contributed by atoms with van der Waals surface area (Å²) in [6.07, 6.45) is 2.08. The fraction of sp³-hybridized carbons (Fsp3) is 0.316. The number of nitrogens with zero attached hydrogens (tertiary/aromatic N) is 3. The Morgan fingerprint density at radius 3 is 2.62 bits per heavy atom. The van der Waals surface area contributed by atoms with Gasteiger partial charge in [-0.05, 0) is 36.4 Å². The number of fused-ring (bicyclic) bond motifs is 1. The summed E-state index contributed by atoms with van der Waals surface area (Å²) in [5, 5.41) is 2.76. The van der Waals surface area contributed by atoms with Crippen LogP contribution in [0.3, 0.4) is 0 Å². The first-order valence-electron chi connectivity index (χ1n) is 8.60. The number of carbonyl (C=O) groups is 2. The van der Waals surface area contributed by atoms with E-state index in [2.05, 4.69) is 20.9 Å². The summed E-state index contributed by atoms with van der Waals surface area (Å²) < 4.78 is 0.995. The summed E-state index contributed by atoms with van der Waals surface area (Å²) >= 11 is 4.93. The fourth-order valence-electron chi connectivity index (χ4n) is 3.34. The van der Waals surface area contributed by atoms with E-state index in [1.807, 2.05) is 40.6 Å². The van der Waals surface area contributed by atoms with Gasteiger partial charge in [0.1, 0.15) is 18.1 Å². The van der Waals surface area contributed by atoms with Crippen LogP contribution in [-0.2, 0) is 9.59 Å². The number of hydrogen-bond donors (Lipinski definition) is 0. The van der Waals surface area contributed by atoms with Gasteiger partial charge in [0.25, 0.3) is 0 Å². The van der Waals surface area contributed by atoms with Crippen molar-refractivity contribution in [3.8, 4) is 0 Å². The van der Waals surface area contributed by atoms with Gasteiger partial charge in [0.2, 0.25) is 11.8 Å². The van der Waals surface area contributed by atoms with Crippen LogP contribution in [0.1, 0.15) is 24.0 Å². The van der Waals surface area contributed by atoms with Crippen LogP contribution in [0.25, 0.3) is 0 Å². The molecule has 2 aliphatic rings. The highest BCUT2D eigenvalue weighted by molar-refractivity contribution is 9.10. The number of thiophene rings is 1. The lowest BCUT2D eigenvalue weighted by atomic mass is 10.0. The van der Waals surface area contributed by atoms with Gasteiger partial charge in [-0.25, -0.2) is 0 Å². The van der Waals surface area contributed by atoms with E-state index in [-0.39, 0.29) is 24.9 Å². The molecule has 0 radical (unpaired) electrons. The van der Waals surface area contributed by atoms with Crippen LogP contribution in [0.5, 0.6) is 0 Å². The molecule has 0 spiro atoms. The second-order valence-corrected chi connectivity index (χ2v) is 8.19. The molecule has 0 bridgehead atoms. The lowest BCUT2D eigenvalue weighted by Crippen LogP contribution is -2.42. The Morgan fingerprint density at radius 2 is 1.88 bits per heavy atom. The van der Waals surface area contributed by atoms with E-state index in [0.29, 0.717) is 0 Å². The SMILES string of the molecule is O=C(CN1C(=O)CN=C(c2ccc(Br)cc2)c2ccsc21)N1CCCC1. The van der Waals surface area contributed by atoms with Crippen LogP contribution in [0.15, 0.2) is 45.2 Å². The molecule has 1 fully saturated rings. The number of anilines is 1. The largest absolute Gasteiger partial charge is 0.341 e. The Balaban J connectivity index is 1.65. The Labute approximate surface area is 164 Å². The Hall–Kier alpha value is -1.99. The van der Waals surface area contributed by atoms with E-state index in [1.54, 1.807) is 4.90 Å². The summed E-state index contributed by atoms with van der Waals surface area (Å²) in [7, 11) is 0. The average Bonchev–Trinajstić information content (AvgIpc) is 3.31. The molecule has 134 valence electrons. The first-order valence-corrected chi connectivity index (χ1v) is 10.3. The predicted molar refractivity (Wildman–Crippen MR) is 107 cm³/mol. The van der Waals surface area contributed by atoms with Crippen molar-refractivity contribution in [3.63, 3.8) is 0 Å². The highest BCUT2D eigenvalue weighted by Crippen LogP contribution is 2.32. The topological polar surface area (TPSA) is 53.0 Å². The predicted octanol–water partition coefficient (Wildman–Crippen LogP) is 3.32. The molecule has 0 atom stereocenters. The van der Waals surface area contributed by atoms with Gasteiger partial charge < -0.3 is 4.90 Å². The summed E-state index contributed by atoms with van der Waals surface area (Å²) in [4.78, 5) is 33.3. The average molecular weight is 432 g/mol. The van der Waals surface area contributed by atoms with Crippen molar-refractivity contribution in [2.75, 3.05) is 31.1 Å². The van der Waals surface area contributed by atoms with Crippen LogP contribution in [0, 0.1) is 0 Å². The molecule has 5 nitrogen and oxygen atoms in total. The zero-order valence-electron chi connectivity index (χ0n) is 14.2. The molecule has 0 unspecified atom stereocenters. The van der Waals surface area contributed by atoms with Crippen molar-refractivity contribution in [1.29, 1.82) is 0 Å². The number of hydrogen-bond acceptors (Lipinski definition) is 4. The second kappa shape index (κ2) is 7.32. The fourth-order valence-corrected chi connectivity index (χ4v) is 4.52. The van der Waals surface area contributed by atoms with Crippen LogP contribution in [-0.4, -0.2) is 48.6 Å². The number of benzene rings is 1.